The zero-order valence-electron chi connectivity index (χ0n) is 14.3. The van der Waals surface area contributed by atoms with E-state index in [1.54, 1.807) is 30.3 Å². The number of carbonyl (C=O) groups excluding carboxylic acids is 1. The summed E-state index contributed by atoms with van der Waals surface area (Å²) in [7, 11) is 1.40. The minimum atomic E-state index is -0.734. The lowest BCUT2D eigenvalue weighted by Gasteiger charge is -2.52. The summed E-state index contributed by atoms with van der Waals surface area (Å²) in [5, 5.41) is 19.4. The van der Waals surface area contributed by atoms with Gasteiger partial charge in [-0.05, 0) is 17.2 Å². The van der Waals surface area contributed by atoms with E-state index in [1.807, 2.05) is 12.1 Å². The number of methoxy groups -OCH3 is 1. The molecule has 1 N–H and O–H groups in total. The molecule has 5 nitrogen and oxygen atoms in total. The van der Waals surface area contributed by atoms with E-state index in [0.717, 1.165) is 5.56 Å². The number of likely N-dealkylation sites (tertiary alicyclic amines) is 1. The molecule has 1 aliphatic rings. The van der Waals surface area contributed by atoms with Crippen molar-refractivity contribution in [3.05, 3.63) is 59.9 Å². The Labute approximate surface area is 151 Å². The molecule has 2 aromatic rings. The van der Waals surface area contributed by atoms with E-state index in [9.17, 15) is 19.6 Å². The first-order valence-corrected chi connectivity index (χ1v) is 8.28. The van der Waals surface area contributed by atoms with Gasteiger partial charge < -0.3 is 14.7 Å². The van der Waals surface area contributed by atoms with Gasteiger partial charge in [0.25, 0.3) is 0 Å². The molecular weight excluding hydrogens is 335 g/mol. The Bertz CT molecular complexity index is 849. The van der Waals surface area contributed by atoms with Crippen molar-refractivity contribution in [1.29, 1.82) is 5.26 Å². The maximum absolute atomic E-state index is 14.3. The number of hydrogen-bond acceptors (Lipinski definition) is 4. The van der Waals surface area contributed by atoms with Gasteiger partial charge in [-0.1, -0.05) is 42.5 Å². The van der Waals surface area contributed by atoms with Crippen molar-refractivity contribution in [3.63, 3.8) is 0 Å². The van der Waals surface area contributed by atoms with Gasteiger partial charge in [0, 0.05) is 18.6 Å². The predicted octanol–water partition coefficient (Wildman–Crippen LogP) is 2.32. The van der Waals surface area contributed by atoms with Crippen LogP contribution in [0.25, 0.3) is 11.1 Å². The van der Waals surface area contributed by atoms with Crippen LogP contribution in [0.5, 0.6) is 0 Å². The van der Waals surface area contributed by atoms with Crippen LogP contribution in [0.2, 0.25) is 0 Å². The lowest BCUT2D eigenvalue weighted by Crippen LogP contribution is -2.66. The van der Waals surface area contributed by atoms with Crippen molar-refractivity contribution in [2.75, 3.05) is 20.3 Å². The van der Waals surface area contributed by atoms with Crippen LogP contribution in [0, 0.1) is 17.1 Å². The van der Waals surface area contributed by atoms with E-state index < -0.39 is 18.0 Å². The fourth-order valence-electron chi connectivity index (χ4n) is 3.63. The van der Waals surface area contributed by atoms with E-state index in [-0.39, 0.29) is 24.9 Å². The van der Waals surface area contributed by atoms with Crippen LogP contribution in [-0.2, 0) is 9.53 Å². The number of aliphatic hydroxyl groups is 1. The van der Waals surface area contributed by atoms with Crippen LogP contribution in [0.1, 0.15) is 11.5 Å². The van der Waals surface area contributed by atoms with Crippen molar-refractivity contribution in [2.45, 2.75) is 18.0 Å². The number of benzene rings is 2. The lowest BCUT2D eigenvalue weighted by molar-refractivity contribution is -0.150. The number of aliphatic hydroxyl groups excluding tert-OH is 1. The molecule has 0 bridgehead atoms. The second kappa shape index (κ2) is 7.65. The van der Waals surface area contributed by atoms with Crippen LogP contribution in [0.3, 0.4) is 0 Å². The van der Waals surface area contributed by atoms with Crippen LogP contribution in [0.4, 0.5) is 4.39 Å². The van der Waals surface area contributed by atoms with Gasteiger partial charge in [-0.25, -0.2) is 4.39 Å². The molecule has 3 rings (SSSR count). The van der Waals surface area contributed by atoms with Gasteiger partial charge in [-0.2, -0.15) is 5.26 Å². The summed E-state index contributed by atoms with van der Waals surface area (Å²) in [5.74, 6) is -1.11. The first kappa shape index (κ1) is 18.1. The molecule has 0 spiro atoms. The molecule has 0 radical (unpaired) electrons. The average Bonchev–Trinajstić information content (AvgIpc) is 2.63. The Morgan fingerprint density at radius 2 is 1.88 bits per heavy atom. The number of halogens is 1. The number of amides is 1. The van der Waals surface area contributed by atoms with Gasteiger partial charge >= 0.3 is 0 Å². The highest BCUT2D eigenvalue weighted by Gasteiger charge is 2.52. The fraction of sp³-hybridized carbons (Fsp3) is 0.300. The highest BCUT2D eigenvalue weighted by molar-refractivity contribution is 5.81. The minimum Gasteiger partial charge on any atom is -0.394 e. The van der Waals surface area contributed by atoms with Gasteiger partial charge in [0.1, 0.15) is 18.5 Å². The van der Waals surface area contributed by atoms with E-state index in [2.05, 4.69) is 6.07 Å². The first-order valence-electron chi connectivity index (χ1n) is 8.28. The van der Waals surface area contributed by atoms with Gasteiger partial charge in [-0.3, -0.25) is 4.79 Å². The number of ether oxygens (including phenoxy) is 1. The van der Waals surface area contributed by atoms with Gasteiger partial charge in [-0.15, -0.1) is 0 Å². The summed E-state index contributed by atoms with van der Waals surface area (Å²) in [5.41, 5.74) is 1.83. The molecule has 1 heterocycles. The number of rotatable bonds is 5. The van der Waals surface area contributed by atoms with Crippen molar-refractivity contribution in [2.24, 2.45) is 0 Å². The standard InChI is InChI=1S/C20H19FN2O3/c1-26-12-19(25)23-17(10-22)20(18(23)11-24)15-8-3-2-6-13(15)14-7-4-5-9-16(14)21/h2-9,17-18,20,24H,11-12H2,1H3/t17-,18+,20-/m0/s1. The summed E-state index contributed by atoms with van der Waals surface area (Å²) in [6, 6.07) is 14.5. The Balaban J connectivity index is 2.03. The second-order valence-corrected chi connectivity index (χ2v) is 6.15. The smallest absolute Gasteiger partial charge is 0.249 e. The molecule has 0 unspecified atom stereocenters. The molecule has 6 heteroatoms. The van der Waals surface area contributed by atoms with Crippen LogP contribution in [0.15, 0.2) is 48.5 Å². The Kier molecular flexibility index (Phi) is 5.31. The van der Waals surface area contributed by atoms with Crippen molar-refractivity contribution in [3.8, 4) is 17.2 Å². The summed E-state index contributed by atoms with van der Waals surface area (Å²) in [4.78, 5) is 13.6. The van der Waals surface area contributed by atoms with E-state index in [4.69, 9.17) is 4.74 Å². The topological polar surface area (TPSA) is 73.6 Å². The molecule has 1 saturated heterocycles. The van der Waals surface area contributed by atoms with Gasteiger partial charge in [0.15, 0.2) is 0 Å². The minimum absolute atomic E-state index is 0.156. The highest BCUT2D eigenvalue weighted by Crippen LogP contribution is 2.44. The summed E-state index contributed by atoms with van der Waals surface area (Å²) < 4.78 is 19.2. The maximum Gasteiger partial charge on any atom is 0.249 e. The third-order valence-electron chi connectivity index (χ3n) is 4.77. The maximum atomic E-state index is 14.3. The summed E-state index contributed by atoms with van der Waals surface area (Å²) in [6.45, 7) is -0.444. The Morgan fingerprint density at radius 3 is 2.50 bits per heavy atom. The number of nitriles is 1. The molecule has 0 aliphatic carbocycles. The van der Waals surface area contributed by atoms with Crippen molar-refractivity contribution < 1.29 is 19.0 Å². The molecule has 1 fully saturated rings. The average molecular weight is 354 g/mol. The van der Waals surface area contributed by atoms with Crippen LogP contribution < -0.4 is 0 Å². The van der Waals surface area contributed by atoms with Gasteiger partial charge in [0.05, 0.1) is 18.7 Å². The second-order valence-electron chi connectivity index (χ2n) is 6.15. The van der Waals surface area contributed by atoms with E-state index in [1.165, 1.54) is 18.1 Å². The van der Waals surface area contributed by atoms with E-state index in [0.29, 0.717) is 11.1 Å². The monoisotopic (exact) mass is 354 g/mol. The molecule has 134 valence electrons. The third-order valence-corrected chi connectivity index (χ3v) is 4.77. The van der Waals surface area contributed by atoms with Crippen molar-refractivity contribution in [1.82, 2.24) is 4.90 Å². The Hall–Kier alpha value is -2.75. The molecule has 0 saturated carbocycles. The molecule has 3 atom stereocenters. The fourth-order valence-corrected chi connectivity index (χ4v) is 3.63. The van der Waals surface area contributed by atoms with E-state index >= 15 is 0 Å². The zero-order chi connectivity index (χ0) is 18.7. The Morgan fingerprint density at radius 1 is 1.23 bits per heavy atom. The third kappa shape index (κ3) is 2.96. The lowest BCUT2D eigenvalue weighted by atomic mass is 9.73. The number of carbonyl (C=O) groups is 1. The normalized spacial score (nSPS) is 21.8. The van der Waals surface area contributed by atoms with Crippen LogP contribution in [-0.4, -0.2) is 48.3 Å². The predicted molar refractivity (Wildman–Crippen MR) is 93.6 cm³/mol. The summed E-state index contributed by atoms with van der Waals surface area (Å²) >= 11 is 0. The quantitative estimate of drug-likeness (QED) is 0.894. The SMILES string of the molecule is COCC(=O)N1[C@H](CO)[C@@H](c2ccccc2-c2ccccc2F)[C@@H]1C#N. The molecule has 0 aromatic heterocycles. The first-order chi connectivity index (χ1) is 12.6. The molecule has 2 aromatic carbocycles. The largest absolute Gasteiger partial charge is 0.394 e. The zero-order valence-corrected chi connectivity index (χ0v) is 14.3. The molecule has 1 amide bonds. The van der Waals surface area contributed by atoms with Gasteiger partial charge in [0.2, 0.25) is 5.91 Å². The molecule has 1 aliphatic heterocycles. The summed E-state index contributed by atoms with van der Waals surface area (Å²) in [6.07, 6.45) is 0. The number of hydrogen-bond donors (Lipinski definition) is 1. The highest BCUT2D eigenvalue weighted by atomic mass is 19.1. The molecule has 26 heavy (non-hydrogen) atoms. The van der Waals surface area contributed by atoms with Crippen molar-refractivity contribution >= 4 is 5.91 Å². The number of nitrogens with zero attached hydrogens (tertiary/aromatic N) is 2. The van der Waals surface area contributed by atoms with Crippen LogP contribution >= 0.6 is 0 Å². The molecular formula is C20H19FN2O3.